The number of nitrogens with zero attached hydrogens (tertiary/aromatic N) is 2. The molecule has 2 unspecified atom stereocenters. The van der Waals surface area contributed by atoms with Crippen molar-refractivity contribution >= 4 is 23.1 Å². The fourth-order valence-corrected chi connectivity index (χ4v) is 3.91. The summed E-state index contributed by atoms with van der Waals surface area (Å²) in [5.74, 6) is -0.0316. The van der Waals surface area contributed by atoms with Crippen molar-refractivity contribution in [2.75, 3.05) is 6.54 Å². The van der Waals surface area contributed by atoms with E-state index >= 15 is 0 Å². The molecule has 1 amide bonds. The molecule has 0 bridgehead atoms. The Bertz CT molecular complexity index is 1000. The standard InChI is InChI=1S/C23H34N4O5/c1-21(2,3)31-19(29)23(18-25-15-9-7-8-14(13-28)17(15)26-18)10-11-27(16(24)12-23)20(30)32-22(4,5)6/h7-9,16,28H,10-13,24H2,1-6H3,(H,25,26). The molecule has 9 heteroatoms. The van der Waals surface area contributed by atoms with Crippen molar-refractivity contribution in [3.05, 3.63) is 29.6 Å². The minimum Gasteiger partial charge on any atom is -0.459 e. The van der Waals surface area contributed by atoms with E-state index in [1.54, 1.807) is 47.6 Å². The highest BCUT2D eigenvalue weighted by Gasteiger charge is 2.51. The van der Waals surface area contributed by atoms with Gasteiger partial charge in [-0.3, -0.25) is 9.69 Å². The lowest BCUT2D eigenvalue weighted by molar-refractivity contribution is -0.165. The van der Waals surface area contributed by atoms with E-state index < -0.39 is 34.8 Å². The van der Waals surface area contributed by atoms with Crippen molar-refractivity contribution in [3.63, 3.8) is 0 Å². The van der Waals surface area contributed by atoms with Gasteiger partial charge in [0.05, 0.1) is 23.8 Å². The van der Waals surface area contributed by atoms with Crippen LogP contribution in [0.2, 0.25) is 0 Å². The maximum absolute atomic E-state index is 13.5. The van der Waals surface area contributed by atoms with E-state index in [2.05, 4.69) is 9.97 Å². The maximum atomic E-state index is 13.5. The van der Waals surface area contributed by atoms with E-state index in [-0.39, 0.29) is 26.0 Å². The Hall–Kier alpha value is -2.65. The summed E-state index contributed by atoms with van der Waals surface area (Å²) in [6.07, 6.45) is -0.898. The molecule has 176 valence electrons. The zero-order chi connectivity index (χ0) is 23.9. The molecule has 2 atom stereocenters. The largest absolute Gasteiger partial charge is 0.459 e. The molecule has 1 saturated heterocycles. The number of H-pyrrole nitrogens is 1. The van der Waals surface area contributed by atoms with Crippen LogP contribution in [0.25, 0.3) is 11.0 Å². The first kappa shape index (κ1) is 24.0. The SMILES string of the molecule is CC(C)(C)OC(=O)N1CCC(C(=O)OC(C)(C)C)(c2nc3c(CO)cccc3[nH]2)CC1N. The number of aliphatic hydroxyl groups is 1. The van der Waals surface area contributed by atoms with Gasteiger partial charge in [-0.15, -0.1) is 0 Å². The molecular formula is C23H34N4O5. The van der Waals surface area contributed by atoms with Gasteiger partial charge < -0.3 is 25.3 Å². The van der Waals surface area contributed by atoms with Gasteiger partial charge in [0.2, 0.25) is 0 Å². The van der Waals surface area contributed by atoms with Gasteiger partial charge >= 0.3 is 12.1 Å². The van der Waals surface area contributed by atoms with Crippen molar-refractivity contribution in [1.82, 2.24) is 14.9 Å². The summed E-state index contributed by atoms with van der Waals surface area (Å²) in [4.78, 5) is 35.5. The highest BCUT2D eigenvalue weighted by Crippen LogP contribution is 2.39. The number of ether oxygens (including phenoxy) is 2. The molecule has 1 aromatic heterocycles. The topological polar surface area (TPSA) is 131 Å². The molecule has 32 heavy (non-hydrogen) atoms. The molecule has 9 nitrogen and oxygen atoms in total. The number of hydrogen-bond acceptors (Lipinski definition) is 7. The molecular weight excluding hydrogens is 412 g/mol. The number of imidazole rings is 1. The molecule has 1 aliphatic rings. The highest BCUT2D eigenvalue weighted by atomic mass is 16.6. The first-order chi connectivity index (χ1) is 14.8. The molecule has 0 aliphatic carbocycles. The Labute approximate surface area is 188 Å². The molecule has 0 saturated carbocycles. The number of benzene rings is 1. The molecule has 2 heterocycles. The Morgan fingerprint density at radius 2 is 1.88 bits per heavy atom. The second kappa shape index (κ2) is 8.37. The quantitative estimate of drug-likeness (QED) is 0.618. The van der Waals surface area contributed by atoms with Crippen LogP contribution in [0, 0.1) is 0 Å². The minimum absolute atomic E-state index is 0.120. The van der Waals surface area contributed by atoms with Crippen LogP contribution in [0.5, 0.6) is 0 Å². The summed E-state index contributed by atoms with van der Waals surface area (Å²) >= 11 is 0. The molecule has 1 fully saturated rings. The van der Waals surface area contributed by atoms with Gasteiger partial charge in [-0.1, -0.05) is 12.1 Å². The summed E-state index contributed by atoms with van der Waals surface area (Å²) in [6, 6.07) is 5.43. The molecule has 0 radical (unpaired) electrons. The van der Waals surface area contributed by atoms with Gasteiger partial charge in [0.1, 0.15) is 22.4 Å². The Morgan fingerprint density at radius 1 is 1.22 bits per heavy atom. The number of amides is 1. The van der Waals surface area contributed by atoms with Crippen LogP contribution in [-0.4, -0.2) is 55.9 Å². The number of aromatic nitrogens is 2. The zero-order valence-electron chi connectivity index (χ0n) is 19.7. The van der Waals surface area contributed by atoms with Gasteiger partial charge in [0, 0.05) is 18.5 Å². The number of rotatable bonds is 3. The van der Waals surface area contributed by atoms with E-state index in [0.29, 0.717) is 22.4 Å². The number of carbonyl (C=O) groups excluding carboxylic acids is 2. The van der Waals surface area contributed by atoms with Gasteiger partial charge in [0.25, 0.3) is 0 Å². The molecule has 2 aromatic rings. The lowest BCUT2D eigenvalue weighted by atomic mass is 9.76. The summed E-state index contributed by atoms with van der Waals surface area (Å²) in [5.41, 5.74) is 5.82. The lowest BCUT2D eigenvalue weighted by Gasteiger charge is -2.43. The number of nitrogens with one attached hydrogen (secondary N) is 1. The van der Waals surface area contributed by atoms with Crippen LogP contribution >= 0.6 is 0 Å². The summed E-state index contributed by atoms with van der Waals surface area (Å²) < 4.78 is 11.3. The predicted octanol–water partition coefficient (Wildman–Crippen LogP) is 2.95. The Kier molecular flexibility index (Phi) is 6.27. The third-order valence-electron chi connectivity index (χ3n) is 5.37. The number of aromatic amines is 1. The fraction of sp³-hybridized carbons (Fsp3) is 0.609. The van der Waals surface area contributed by atoms with Gasteiger partial charge in [-0.05, 0) is 54.0 Å². The molecule has 3 rings (SSSR count). The minimum atomic E-state index is -1.17. The number of para-hydroxylation sites is 1. The third-order valence-corrected chi connectivity index (χ3v) is 5.37. The monoisotopic (exact) mass is 446 g/mol. The molecule has 4 N–H and O–H groups in total. The number of piperidine rings is 1. The van der Waals surface area contributed by atoms with Crippen molar-refractivity contribution in [2.45, 2.75) is 83.8 Å². The predicted molar refractivity (Wildman–Crippen MR) is 120 cm³/mol. The fourth-order valence-electron chi connectivity index (χ4n) is 3.91. The van der Waals surface area contributed by atoms with Crippen LogP contribution in [0.1, 0.15) is 65.8 Å². The van der Waals surface area contributed by atoms with Crippen molar-refractivity contribution in [1.29, 1.82) is 0 Å². The Balaban J connectivity index is 2.01. The average Bonchev–Trinajstić information content (AvgIpc) is 3.09. The summed E-state index contributed by atoms with van der Waals surface area (Å²) in [5, 5.41) is 9.69. The zero-order valence-corrected chi connectivity index (χ0v) is 19.7. The number of nitrogens with two attached hydrogens (primary N) is 1. The van der Waals surface area contributed by atoms with E-state index in [1.165, 1.54) is 4.90 Å². The molecule has 1 aliphatic heterocycles. The van der Waals surface area contributed by atoms with Crippen molar-refractivity contribution in [3.8, 4) is 0 Å². The second-order valence-electron chi connectivity index (χ2n) is 10.3. The van der Waals surface area contributed by atoms with Gasteiger partial charge in [-0.2, -0.15) is 0 Å². The normalized spacial score (nSPS) is 22.1. The number of fused-ring (bicyclic) bond motifs is 1. The van der Waals surface area contributed by atoms with E-state index in [1.807, 2.05) is 12.1 Å². The first-order valence-electron chi connectivity index (χ1n) is 10.8. The van der Waals surface area contributed by atoms with E-state index in [0.717, 1.165) is 0 Å². The third kappa shape index (κ3) is 4.88. The second-order valence-corrected chi connectivity index (χ2v) is 10.3. The highest BCUT2D eigenvalue weighted by molar-refractivity contribution is 5.86. The van der Waals surface area contributed by atoms with Crippen LogP contribution in [0.15, 0.2) is 18.2 Å². The van der Waals surface area contributed by atoms with Crippen LogP contribution in [-0.2, 0) is 26.3 Å². The summed E-state index contributed by atoms with van der Waals surface area (Å²) in [7, 11) is 0. The maximum Gasteiger partial charge on any atom is 0.411 e. The lowest BCUT2D eigenvalue weighted by Crippen LogP contribution is -2.59. The smallest absolute Gasteiger partial charge is 0.411 e. The van der Waals surface area contributed by atoms with Crippen LogP contribution < -0.4 is 5.73 Å². The number of carbonyl (C=O) groups is 2. The van der Waals surface area contributed by atoms with E-state index in [4.69, 9.17) is 15.2 Å². The van der Waals surface area contributed by atoms with Crippen LogP contribution in [0.4, 0.5) is 4.79 Å². The first-order valence-corrected chi connectivity index (χ1v) is 10.8. The number of aliphatic hydroxyl groups excluding tert-OH is 1. The summed E-state index contributed by atoms with van der Waals surface area (Å²) in [6.45, 7) is 10.8. The number of esters is 1. The van der Waals surface area contributed by atoms with Crippen molar-refractivity contribution < 1.29 is 24.2 Å². The van der Waals surface area contributed by atoms with Gasteiger partial charge in [-0.25, -0.2) is 9.78 Å². The van der Waals surface area contributed by atoms with Crippen molar-refractivity contribution in [2.24, 2.45) is 5.73 Å². The average molecular weight is 447 g/mol. The Morgan fingerprint density at radius 3 is 2.44 bits per heavy atom. The van der Waals surface area contributed by atoms with E-state index in [9.17, 15) is 14.7 Å². The number of likely N-dealkylation sites (tertiary alicyclic amines) is 1. The van der Waals surface area contributed by atoms with Gasteiger partial charge in [0.15, 0.2) is 0 Å². The molecule has 0 spiro atoms. The van der Waals surface area contributed by atoms with Crippen LogP contribution in [0.3, 0.4) is 0 Å². The number of hydrogen-bond donors (Lipinski definition) is 3. The molecule has 1 aromatic carbocycles.